The fraction of sp³-hybridized carbons (Fsp3) is 0.600. The molecule has 0 aliphatic carbocycles. The van der Waals surface area contributed by atoms with E-state index in [0.717, 1.165) is 12.3 Å². The Morgan fingerprint density at radius 3 is 2.41 bits per heavy atom. The molecule has 0 aromatic heterocycles. The summed E-state index contributed by atoms with van der Waals surface area (Å²) in [6.45, 7) is 13.6. The average molecular weight is 235 g/mol. The lowest BCUT2D eigenvalue weighted by molar-refractivity contribution is 0.237. The van der Waals surface area contributed by atoms with Crippen LogP contribution in [-0.4, -0.2) is 11.6 Å². The highest BCUT2D eigenvalue weighted by Gasteiger charge is 2.12. The van der Waals surface area contributed by atoms with E-state index in [9.17, 15) is 0 Å². The van der Waals surface area contributed by atoms with Crippen molar-refractivity contribution >= 4 is 0 Å². The van der Waals surface area contributed by atoms with Gasteiger partial charge in [0.25, 0.3) is 0 Å². The predicted octanol–water partition coefficient (Wildman–Crippen LogP) is 3.67. The molecule has 0 amide bonds. The van der Waals surface area contributed by atoms with Gasteiger partial charge in [0.05, 0.1) is 6.10 Å². The van der Waals surface area contributed by atoms with Gasteiger partial charge in [0, 0.05) is 17.6 Å². The highest BCUT2D eigenvalue weighted by molar-refractivity contribution is 5.40. The first-order valence-corrected chi connectivity index (χ1v) is 6.30. The van der Waals surface area contributed by atoms with Crippen LogP contribution >= 0.6 is 0 Å². The van der Waals surface area contributed by atoms with E-state index in [4.69, 9.17) is 4.74 Å². The topological polar surface area (TPSA) is 21.3 Å². The fourth-order valence-corrected chi connectivity index (χ4v) is 1.62. The lowest BCUT2D eigenvalue weighted by Crippen LogP contribution is -2.35. The second-order valence-electron chi connectivity index (χ2n) is 5.83. The molecule has 0 aliphatic heterocycles. The quantitative estimate of drug-likeness (QED) is 0.859. The van der Waals surface area contributed by atoms with Crippen molar-refractivity contribution in [1.29, 1.82) is 0 Å². The van der Waals surface area contributed by atoms with Crippen molar-refractivity contribution in [3.05, 3.63) is 29.3 Å². The van der Waals surface area contributed by atoms with E-state index in [1.54, 1.807) is 0 Å². The molecule has 0 aliphatic rings. The molecule has 0 radical (unpaired) electrons. The second-order valence-corrected chi connectivity index (χ2v) is 5.83. The minimum Gasteiger partial charge on any atom is -0.490 e. The Labute approximate surface area is 105 Å². The Balaban J connectivity index is 2.87. The molecule has 96 valence electrons. The van der Waals surface area contributed by atoms with Crippen molar-refractivity contribution in [2.75, 3.05) is 0 Å². The molecule has 0 atom stereocenters. The molecule has 0 saturated carbocycles. The van der Waals surface area contributed by atoms with Crippen LogP contribution in [0.3, 0.4) is 0 Å². The number of aryl methyl sites for hydroxylation is 1. The first-order valence-electron chi connectivity index (χ1n) is 6.30. The van der Waals surface area contributed by atoms with Crippen LogP contribution in [0.2, 0.25) is 0 Å². The van der Waals surface area contributed by atoms with Gasteiger partial charge in [-0.25, -0.2) is 0 Å². The van der Waals surface area contributed by atoms with Crippen molar-refractivity contribution in [2.45, 2.75) is 59.7 Å². The summed E-state index contributed by atoms with van der Waals surface area (Å²) in [6, 6.07) is 6.31. The molecule has 0 unspecified atom stereocenters. The highest BCUT2D eigenvalue weighted by Crippen LogP contribution is 2.25. The largest absolute Gasteiger partial charge is 0.490 e. The SMILES string of the molecule is Cc1cccc(CNC(C)(C)C)c1OC(C)C. The van der Waals surface area contributed by atoms with Gasteiger partial charge in [0.15, 0.2) is 0 Å². The van der Waals surface area contributed by atoms with E-state index in [1.165, 1.54) is 11.1 Å². The fourth-order valence-electron chi connectivity index (χ4n) is 1.62. The monoisotopic (exact) mass is 235 g/mol. The Kier molecular flexibility index (Phi) is 4.58. The first-order chi connectivity index (χ1) is 7.79. The molecule has 0 spiro atoms. The summed E-state index contributed by atoms with van der Waals surface area (Å²) in [5, 5.41) is 3.50. The van der Waals surface area contributed by atoms with Gasteiger partial charge in [0.1, 0.15) is 5.75 Å². The molecule has 0 fully saturated rings. The standard InChI is InChI=1S/C15H25NO/c1-11(2)17-14-12(3)8-7-9-13(14)10-16-15(4,5)6/h7-9,11,16H,10H2,1-6H3. The smallest absolute Gasteiger partial charge is 0.127 e. The Morgan fingerprint density at radius 1 is 1.24 bits per heavy atom. The molecule has 2 nitrogen and oxygen atoms in total. The van der Waals surface area contributed by atoms with Crippen LogP contribution in [-0.2, 0) is 6.54 Å². The summed E-state index contributed by atoms with van der Waals surface area (Å²) in [6.07, 6.45) is 0.212. The first kappa shape index (κ1) is 14.0. The lowest BCUT2D eigenvalue weighted by Gasteiger charge is -2.23. The number of rotatable bonds is 4. The van der Waals surface area contributed by atoms with Gasteiger partial charge in [0.2, 0.25) is 0 Å². The van der Waals surface area contributed by atoms with E-state index in [-0.39, 0.29) is 11.6 Å². The summed E-state index contributed by atoms with van der Waals surface area (Å²) >= 11 is 0. The Hall–Kier alpha value is -1.02. The highest BCUT2D eigenvalue weighted by atomic mass is 16.5. The number of nitrogens with one attached hydrogen (secondary N) is 1. The number of ether oxygens (including phenoxy) is 1. The van der Waals surface area contributed by atoms with Crippen LogP contribution < -0.4 is 10.1 Å². The van der Waals surface area contributed by atoms with Crippen LogP contribution in [0.5, 0.6) is 5.75 Å². The number of para-hydroxylation sites is 1. The molecule has 2 heteroatoms. The predicted molar refractivity (Wildman–Crippen MR) is 73.5 cm³/mol. The van der Waals surface area contributed by atoms with E-state index in [0.29, 0.717) is 0 Å². The van der Waals surface area contributed by atoms with Gasteiger partial charge in [-0.2, -0.15) is 0 Å². The van der Waals surface area contributed by atoms with Crippen molar-refractivity contribution in [3.63, 3.8) is 0 Å². The molecule has 0 bridgehead atoms. The second kappa shape index (κ2) is 5.54. The maximum absolute atomic E-state index is 5.90. The molecule has 17 heavy (non-hydrogen) atoms. The molecule has 1 rings (SSSR count). The number of benzene rings is 1. The van der Waals surface area contributed by atoms with Crippen LogP contribution in [0, 0.1) is 6.92 Å². The van der Waals surface area contributed by atoms with Crippen LogP contribution in [0.15, 0.2) is 18.2 Å². The summed E-state index contributed by atoms with van der Waals surface area (Å²) in [4.78, 5) is 0. The Morgan fingerprint density at radius 2 is 1.88 bits per heavy atom. The van der Waals surface area contributed by atoms with E-state index in [1.807, 2.05) is 0 Å². The van der Waals surface area contributed by atoms with Crippen molar-refractivity contribution in [1.82, 2.24) is 5.32 Å². The zero-order valence-corrected chi connectivity index (χ0v) is 11.9. The molecule has 1 N–H and O–H groups in total. The van der Waals surface area contributed by atoms with Gasteiger partial charge in [-0.1, -0.05) is 18.2 Å². The van der Waals surface area contributed by atoms with Crippen molar-refractivity contribution < 1.29 is 4.74 Å². The molecular formula is C15H25NO. The normalized spacial score (nSPS) is 11.9. The van der Waals surface area contributed by atoms with Gasteiger partial charge in [-0.05, 0) is 47.1 Å². The molecule has 0 saturated heterocycles. The zero-order chi connectivity index (χ0) is 13.1. The minimum atomic E-state index is 0.124. The summed E-state index contributed by atoms with van der Waals surface area (Å²) in [5.41, 5.74) is 2.55. The summed E-state index contributed by atoms with van der Waals surface area (Å²) < 4.78 is 5.90. The average Bonchev–Trinajstić information content (AvgIpc) is 2.17. The van der Waals surface area contributed by atoms with Gasteiger partial charge >= 0.3 is 0 Å². The van der Waals surface area contributed by atoms with Gasteiger partial charge in [-0.3, -0.25) is 0 Å². The van der Waals surface area contributed by atoms with Gasteiger partial charge < -0.3 is 10.1 Å². The summed E-state index contributed by atoms with van der Waals surface area (Å²) in [5.74, 6) is 1.03. The third-order valence-electron chi connectivity index (χ3n) is 2.46. The molecule has 1 aromatic carbocycles. The Bertz CT molecular complexity index is 364. The molecule has 0 heterocycles. The molecular weight excluding hydrogens is 210 g/mol. The number of hydrogen-bond acceptors (Lipinski definition) is 2. The lowest BCUT2D eigenvalue weighted by atomic mass is 10.1. The van der Waals surface area contributed by atoms with E-state index >= 15 is 0 Å². The van der Waals surface area contributed by atoms with Gasteiger partial charge in [-0.15, -0.1) is 0 Å². The maximum atomic E-state index is 5.90. The van der Waals surface area contributed by atoms with Crippen molar-refractivity contribution in [3.8, 4) is 5.75 Å². The van der Waals surface area contributed by atoms with E-state index in [2.05, 4.69) is 65.1 Å². The van der Waals surface area contributed by atoms with Crippen LogP contribution in [0.25, 0.3) is 0 Å². The van der Waals surface area contributed by atoms with Crippen LogP contribution in [0.4, 0.5) is 0 Å². The summed E-state index contributed by atoms with van der Waals surface area (Å²) in [7, 11) is 0. The van der Waals surface area contributed by atoms with E-state index < -0.39 is 0 Å². The maximum Gasteiger partial charge on any atom is 0.127 e. The van der Waals surface area contributed by atoms with Crippen molar-refractivity contribution in [2.24, 2.45) is 0 Å². The zero-order valence-electron chi connectivity index (χ0n) is 11.9. The minimum absolute atomic E-state index is 0.124. The molecule has 1 aromatic rings. The number of hydrogen-bond donors (Lipinski definition) is 1. The third-order valence-corrected chi connectivity index (χ3v) is 2.46. The third kappa shape index (κ3) is 4.78. The van der Waals surface area contributed by atoms with Crippen LogP contribution in [0.1, 0.15) is 45.7 Å².